The molecule has 0 spiro atoms. The van der Waals surface area contributed by atoms with E-state index < -0.39 is 0 Å². The molecule has 2 aromatic carbocycles. The normalized spacial score (nSPS) is 16.7. The van der Waals surface area contributed by atoms with Crippen LogP contribution in [0, 0.1) is 0 Å². The minimum absolute atomic E-state index is 0.0193. The van der Waals surface area contributed by atoms with E-state index in [1.54, 1.807) is 26.4 Å². The number of hydrogen-bond donors (Lipinski definition) is 1. The van der Waals surface area contributed by atoms with Gasteiger partial charge in [-0.15, -0.1) is 0 Å². The Hall–Kier alpha value is -2.48. The maximum Gasteiger partial charge on any atom is 0.225 e. The van der Waals surface area contributed by atoms with Crippen LogP contribution in [0.5, 0.6) is 17.2 Å². The van der Waals surface area contributed by atoms with E-state index >= 15 is 0 Å². The van der Waals surface area contributed by atoms with Crippen LogP contribution in [0.1, 0.15) is 18.1 Å². The topological polar surface area (TPSA) is 69.3 Å². The Morgan fingerprint density at radius 2 is 1.80 bits per heavy atom. The number of nitrogens with zero attached hydrogens (tertiary/aromatic N) is 1. The molecule has 1 amide bonds. The molecule has 0 aliphatic carbocycles. The highest BCUT2D eigenvalue weighted by Gasteiger charge is 2.22. The molecule has 1 N–H and O–H groups in total. The lowest BCUT2D eigenvalue weighted by Crippen LogP contribution is -2.39. The van der Waals surface area contributed by atoms with Crippen LogP contribution >= 0.6 is 11.6 Å². The van der Waals surface area contributed by atoms with E-state index in [0.29, 0.717) is 47.5 Å². The van der Waals surface area contributed by atoms with Gasteiger partial charge in [0.25, 0.3) is 0 Å². The summed E-state index contributed by atoms with van der Waals surface area (Å²) in [4.78, 5) is 14.7. The molecule has 1 saturated heterocycles. The van der Waals surface area contributed by atoms with Gasteiger partial charge in [-0.1, -0.05) is 23.7 Å². The highest BCUT2D eigenvalue weighted by molar-refractivity contribution is 6.30. The molecule has 1 aliphatic rings. The summed E-state index contributed by atoms with van der Waals surface area (Å²) in [6.07, 6.45) is 0.346. The predicted octanol–water partition coefficient (Wildman–Crippen LogP) is 3.77. The number of carbonyl (C=O) groups is 1. The highest BCUT2D eigenvalue weighted by atomic mass is 35.5. The monoisotopic (exact) mass is 434 g/mol. The molecule has 1 aliphatic heterocycles. The van der Waals surface area contributed by atoms with E-state index in [1.165, 1.54) is 7.11 Å². The van der Waals surface area contributed by atoms with Gasteiger partial charge in [-0.25, -0.2) is 0 Å². The number of methoxy groups -OCH3 is 3. The lowest BCUT2D eigenvalue weighted by atomic mass is 10.1. The Morgan fingerprint density at radius 1 is 1.13 bits per heavy atom. The zero-order valence-corrected chi connectivity index (χ0v) is 18.2. The summed E-state index contributed by atoms with van der Waals surface area (Å²) in [5, 5.41) is 3.61. The van der Waals surface area contributed by atoms with Gasteiger partial charge < -0.3 is 24.3 Å². The molecule has 1 fully saturated rings. The van der Waals surface area contributed by atoms with Crippen molar-refractivity contribution in [2.45, 2.75) is 12.5 Å². The zero-order chi connectivity index (χ0) is 21.5. The SMILES string of the molecule is COc1cc(NC(=O)CCN2CCOC(c3ccc(Cl)cc3)C2)cc(OC)c1OC. The number of hydrogen-bond acceptors (Lipinski definition) is 6. The lowest BCUT2D eigenvalue weighted by Gasteiger charge is -2.33. The van der Waals surface area contributed by atoms with Gasteiger partial charge in [-0.3, -0.25) is 9.69 Å². The smallest absolute Gasteiger partial charge is 0.225 e. The van der Waals surface area contributed by atoms with Crippen LogP contribution in [0.25, 0.3) is 0 Å². The molecule has 0 radical (unpaired) electrons. The molecule has 0 saturated carbocycles. The predicted molar refractivity (Wildman–Crippen MR) is 116 cm³/mol. The minimum atomic E-state index is -0.0844. The maximum absolute atomic E-state index is 12.5. The van der Waals surface area contributed by atoms with Crippen molar-refractivity contribution >= 4 is 23.2 Å². The third-order valence-corrected chi connectivity index (χ3v) is 5.25. The molecular formula is C22H27ClN2O5. The average molecular weight is 435 g/mol. The van der Waals surface area contributed by atoms with E-state index in [-0.39, 0.29) is 12.0 Å². The van der Waals surface area contributed by atoms with Crippen LogP contribution < -0.4 is 19.5 Å². The summed E-state index contributed by atoms with van der Waals surface area (Å²) >= 11 is 5.97. The number of nitrogens with one attached hydrogen (secondary N) is 1. The number of morpholine rings is 1. The molecular weight excluding hydrogens is 408 g/mol. The van der Waals surface area contributed by atoms with Gasteiger partial charge in [0.2, 0.25) is 11.7 Å². The van der Waals surface area contributed by atoms with Gasteiger partial charge in [-0.2, -0.15) is 0 Å². The van der Waals surface area contributed by atoms with Crippen molar-refractivity contribution in [3.05, 3.63) is 47.0 Å². The molecule has 0 aromatic heterocycles. The van der Waals surface area contributed by atoms with Crippen LogP contribution in [0.4, 0.5) is 5.69 Å². The first-order valence-electron chi connectivity index (χ1n) is 9.73. The summed E-state index contributed by atoms with van der Waals surface area (Å²) in [5.41, 5.74) is 1.68. The third kappa shape index (κ3) is 5.56. The standard InChI is InChI=1S/C22H27ClN2O5/c1-27-18-12-17(13-19(28-2)22(18)29-3)24-21(26)8-9-25-10-11-30-20(14-25)15-4-6-16(23)7-5-15/h4-7,12-13,20H,8-11,14H2,1-3H3,(H,24,26). The third-order valence-electron chi connectivity index (χ3n) is 5.00. The first-order chi connectivity index (χ1) is 14.5. The maximum atomic E-state index is 12.5. The molecule has 1 unspecified atom stereocenters. The minimum Gasteiger partial charge on any atom is -0.493 e. The van der Waals surface area contributed by atoms with Crippen molar-refractivity contribution in [1.82, 2.24) is 4.90 Å². The van der Waals surface area contributed by atoms with E-state index in [2.05, 4.69) is 10.2 Å². The van der Waals surface area contributed by atoms with Gasteiger partial charge in [0.05, 0.1) is 34.0 Å². The first kappa shape index (κ1) is 22.2. The summed E-state index contributed by atoms with van der Waals surface area (Å²) in [6, 6.07) is 11.1. The summed E-state index contributed by atoms with van der Waals surface area (Å²) in [7, 11) is 4.62. The first-order valence-corrected chi connectivity index (χ1v) is 10.1. The van der Waals surface area contributed by atoms with E-state index in [0.717, 1.165) is 18.7 Å². The average Bonchev–Trinajstić information content (AvgIpc) is 2.77. The van der Waals surface area contributed by atoms with Crippen molar-refractivity contribution < 1.29 is 23.7 Å². The van der Waals surface area contributed by atoms with Gasteiger partial charge in [0.15, 0.2) is 11.5 Å². The van der Waals surface area contributed by atoms with Crippen LogP contribution in [0.2, 0.25) is 5.02 Å². The fraction of sp³-hybridized carbons (Fsp3) is 0.409. The number of carbonyl (C=O) groups excluding carboxylic acids is 1. The van der Waals surface area contributed by atoms with Crippen LogP contribution in [-0.4, -0.2) is 58.4 Å². The Kier molecular flexibility index (Phi) is 7.79. The van der Waals surface area contributed by atoms with E-state index in [1.807, 2.05) is 24.3 Å². The second-order valence-electron chi connectivity index (χ2n) is 6.92. The zero-order valence-electron chi connectivity index (χ0n) is 17.4. The van der Waals surface area contributed by atoms with Crippen molar-refractivity contribution in [1.29, 1.82) is 0 Å². The quantitative estimate of drug-likeness (QED) is 0.682. The van der Waals surface area contributed by atoms with Crippen LogP contribution in [0.15, 0.2) is 36.4 Å². The summed E-state index contributed by atoms with van der Waals surface area (Å²) in [6.45, 7) is 2.80. The van der Waals surface area contributed by atoms with Gasteiger partial charge in [0.1, 0.15) is 0 Å². The Morgan fingerprint density at radius 3 is 2.40 bits per heavy atom. The van der Waals surface area contributed by atoms with Crippen molar-refractivity contribution in [2.75, 3.05) is 52.9 Å². The molecule has 3 rings (SSSR count). The molecule has 8 heteroatoms. The fourth-order valence-electron chi connectivity index (χ4n) is 3.42. The Labute approximate surface area is 181 Å². The van der Waals surface area contributed by atoms with Crippen LogP contribution in [0.3, 0.4) is 0 Å². The number of benzene rings is 2. The summed E-state index contributed by atoms with van der Waals surface area (Å²) in [5.74, 6) is 1.38. The molecule has 1 atom stereocenters. The Bertz CT molecular complexity index is 834. The second-order valence-corrected chi connectivity index (χ2v) is 7.36. The summed E-state index contributed by atoms with van der Waals surface area (Å²) < 4.78 is 21.9. The van der Waals surface area contributed by atoms with E-state index in [4.69, 9.17) is 30.5 Å². The van der Waals surface area contributed by atoms with E-state index in [9.17, 15) is 4.79 Å². The number of halogens is 1. The number of rotatable bonds is 8. The largest absolute Gasteiger partial charge is 0.493 e. The number of anilines is 1. The fourth-order valence-corrected chi connectivity index (χ4v) is 3.55. The van der Waals surface area contributed by atoms with Crippen molar-refractivity contribution in [3.8, 4) is 17.2 Å². The lowest BCUT2D eigenvalue weighted by molar-refractivity contribution is -0.117. The molecule has 2 aromatic rings. The van der Waals surface area contributed by atoms with Gasteiger partial charge in [0, 0.05) is 48.9 Å². The second kappa shape index (κ2) is 10.5. The Balaban J connectivity index is 1.56. The number of ether oxygens (including phenoxy) is 4. The molecule has 162 valence electrons. The molecule has 1 heterocycles. The van der Waals surface area contributed by atoms with Crippen LogP contribution in [-0.2, 0) is 9.53 Å². The van der Waals surface area contributed by atoms with Crippen molar-refractivity contribution in [3.63, 3.8) is 0 Å². The molecule has 7 nitrogen and oxygen atoms in total. The van der Waals surface area contributed by atoms with Gasteiger partial charge in [-0.05, 0) is 17.7 Å². The molecule has 30 heavy (non-hydrogen) atoms. The molecule has 0 bridgehead atoms. The van der Waals surface area contributed by atoms with Gasteiger partial charge >= 0.3 is 0 Å². The van der Waals surface area contributed by atoms with Crippen molar-refractivity contribution in [2.24, 2.45) is 0 Å². The number of amides is 1. The highest BCUT2D eigenvalue weighted by Crippen LogP contribution is 2.39.